The quantitative estimate of drug-likeness (QED) is 0.578. The van der Waals surface area contributed by atoms with Crippen molar-refractivity contribution in [2.75, 3.05) is 4.90 Å². The van der Waals surface area contributed by atoms with Gasteiger partial charge in [0, 0.05) is 35.0 Å². The standard InChI is InChI=1S/C23H23N3/c1-18-24-16-20(17-25-18)19-12-14-23(15-13-19)26(21-8-4-2-5-9-21)22-10-6-3-7-11-22/h2,4-5,8-10,12-17H,3,6-7,11H2,1H3. The van der Waals surface area contributed by atoms with Crippen molar-refractivity contribution in [1.82, 2.24) is 9.97 Å². The number of hydrogen-bond donors (Lipinski definition) is 0. The van der Waals surface area contributed by atoms with E-state index >= 15 is 0 Å². The lowest BCUT2D eigenvalue weighted by atomic mass is 10.0. The molecule has 0 saturated carbocycles. The van der Waals surface area contributed by atoms with E-state index in [0.717, 1.165) is 29.8 Å². The Balaban J connectivity index is 1.69. The molecule has 130 valence electrons. The van der Waals surface area contributed by atoms with E-state index in [-0.39, 0.29) is 0 Å². The number of para-hydroxylation sites is 1. The Bertz CT molecular complexity index is 881. The number of anilines is 2. The van der Waals surface area contributed by atoms with Crippen LogP contribution in [0.4, 0.5) is 11.4 Å². The van der Waals surface area contributed by atoms with Crippen molar-refractivity contribution in [3.8, 4) is 11.1 Å². The van der Waals surface area contributed by atoms with E-state index in [1.807, 2.05) is 19.3 Å². The summed E-state index contributed by atoms with van der Waals surface area (Å²) in [7, 11) is 0. The number of rotatable bonds is 4. The van der Waals surface area contributed by atoms with E-state index in [0.29, 0.717) is 0 Å². The predicted octanol–water partition coefficient (Wildman–Crippen LogP) is 6.05. The summed E-state index contributed by atoms with van der Waals surface area (Å²) in [4.78, 5) is 11.0. The van der Waals surface area contributed by atoms with Gasteiger partial charge in [-0.05, 0) is 62.4 Å². The highest BCUT2D eigenvalue weighted by atomic mass is 15.1. The summed E-state index contributed by atoms with van der Waals surface area (Å²) in [6, 6.07) is 19.3. The highest BCUT2D eigenvalue weighted by Crippen LogP contribution is 2.35. The molecule has 0 aliphatic heterocycles. The molecule has 3 aromatic rings. The van der Waals surface area contributed by atoms with Gasteiger partial charge < -0.3 is 4.90 Å². The van der Waals surface area contributed by atoms with Crippen LogP contribution in [0.2, 0.25) is 0 Å². The minimum Gasteiger partial charge on any atom is -0.315 e. The van der Waals surface area contributed by atoms with E-state index in [1.54, 1.807) is 0 Å². The number of hydrogen-bond acceptors (Lipinski definition) is 3. The predicted molar refractivity (Wildman–Crippen MR) is 107 cm³/mol. The van der Waals surface area contributed by atoms with E-state index in [4.69, 9.17) is 0 Å². The van der Waals surface area contributed by atoms with Gasteiger partial charge in [-0.3, -0.25) is 0 Å². The molecule has 26 heavy (non-hydrogen) atoms. The number of benzene rings is 2. The van der Waals surface area contributed by atoms with E-state index in [1.165, 1.54) is 29.9 Å². The van der Waals surface area contributed by atoms with E-state index in [2.05, 4.69) is 75.5 Å². The van der Waals surface area contributed by atoms with Crippen molar-refractivity contribution in [1.29, 1.82) is 0 Å². The largest absolute Gasteiger partial charge is 0.315 e. The van der Waals surface area contributed by atoms with Gasteiger partial charge in [-0.15, -0.1) is 0 Å². The van der Waals surface area contributed by atoms with Gasteiger partial charge in [-0.25, -0.2) is 9.97 Å². The second kappa shape index (κ2) is 7.52. The molecule has 1 aliphatic rings. The maximum atomic E-state index is 4.30. The van der Waals surface area contributed by atoms with Gasteiger partial charge in [-0.2, -0.15) is 0 Å². The molecule has 0 bridgehead atoms. The zero-order chi connectivity index (χ0) is 17.8. The molecular formula is C23H23N3. The van der Waals surface area contributed by atoms with Gasteiger partial charge in [0.1, 0.15) is 5.82 Å². The van der Waals surface area contributed by atoms with Crippen LogP contribution in [-0.4, -0.2) is 9.97 Å². The highest BCUT2D eigenvalue weighted by Gasteiger charge is 2.16. The molecule has 3 heteroatoms. The van der Waals surface area contributed by atoms with Crippen molar-refractivity contribution >= 4 is 11.4 Å². The zero-order valence-electron chi connectivity index (χ0n) is 15.1. The van der Waals surface area contributed by atoms with E-state index in [9.17, 15) is 0 Å². The normalized spacial score (nSPS) is 14.0. The summed E-state index contributed by atoms with van der Waals surface area (Å²) < 4.78 is 0. The van der Waals surface area contributed by atoms with Crippen LogP contribution in [0, 0.1) is 6.92 Å². The molecule has 0 unspecified atom stereocenters. The number of allylic oxidation sites excluding steroid dienone is 2. The maximum absolute atomic E-state index is 4.30. The van der Waals surface area contributed by atoms with Gasteiger partial charge in [0.15, 0.2) is 0 Å². The van der Waals surface area contributed by atoms with Gasteiger partial charge in [0.2, 0.25) is 0 Å². The molecule has 1 aliphatic carbocycles. The van der Waals surface area contributed by atoms with Crippen LogP contribution < -0.4 is 4.90 Å². The minimum atomic E-state index is 0.796. The molecule has 0 radical (unpaired) electrons. The molecule has 0 atom stereocenters. The molecular weight excluding hydrogens is 318 g/mol. The zero-order valence-corrected chi connectivity index (χ0v) is 15.1. The number of nitrogens with zero attached hydrogens (tertiary/aromatic N) is 3. The summed E-state index contributed by atoms with van der Waals surface area (Å²) >= 11 is 0. The molecule has 3 nitrogen and oxygen atoms in total. The first-order valence-corrected chi connectivity index (χ1v) is 9.24. The molecule has 1 heterocycles. The highest BCUT2D eigenvalue weighted by molar-refractivity contribution is 5.72. The molecule has 1 aromatic heterocycles. The molecule has 4 rings (SSSR count). The SMILES string of the molecule is Cc1ncc(-c2ccc(N(C3=CCCCC3)c3ccccc3)cc2)cn1. The Kier molecular flexibility index (Phi) is 4.78. The Morgan fingerprint density at radius 3 is 2.12 bits per heavy atom. The number of aromatic nitrogens is 2. The summed E-state index contributed by atoms with van der Waals surface area (Å²) in [6.07, 6.45) is 11.0. The third-order valence-electron chi connectivity index (χ3n) is 4.81. The van der Waals surface area contributed by atoms with Crippen LogP contribution in [0.1, 0.15) is 31.5 Å². The van der Waals surface area contributed by atoms with Crippen LogP contribution in [-0.2, 0) is 0 Å². The Hall–Kier alpha value is -2.94. The van der Waals surface area contributed by atoms with Crippen LogP contribution in [0.25, 0.3) is 11.1 Å². The molecule has 0 spiro atoms. The average Bonchev–Trinajstić information content (AvgIpc) is 2.71. The van der Waals surface area contributed by atoms with Crippen molar-refractivity contribution in [3.05, 3.63) is 84.6 Å². The van der Waals surface area contributed by atoms with Crippen LogP contribution >= 0.6 is 0 Å². The van der Waals surface area contributed by atoms with Gasteiger partial charge in [0.25, 0.3) is 0 Å². The average molecular weight is 341 g/mol. The fraction of sp³-hybridized carbons (Fsp3) is 0.217. The van der Waals surface area contributed by atoms with Crippen molar-refractivity contribution in [2.24, 2.45) is 0 Å². The molecule has 0 N–H and O–H groups in total. The monoisotopic (exact) mass is 341 g/mol. The summed E-state index contributed by atoms with van der Waals surface area (Å²) in [5.74, 6) is 0.796. The maximum Gasteiger partial charge on any atom is 0.125 e. The number of aryl methyl sites for hydroxylation is 1. The van der Waals surface area contributed by atoms with Crippen LogP contribution in [0.3, 0.4) is 0 Å². The van der Waals surface area contributed by atoms with E-state index < -0.39 is 0 Å². The summed E-state index contributed by atoms with van der Waals surface area (Å²) in [5.41, 5.74) is 5.99. The molecule has 0 amide bonds. The lowest BCUT2D eigenvalue weighted by Crippen LogP contribution is -2.17. The van der Waals surface area contributed by atoms with Gasteiger partial charge in [0.05, 0.1) is 0 Å². The lowest BCUT2D eigenvalue weighted by Gasteiger charge is -2.30. The Labute approximate surface area is 155 Å². The Morgan fingerprint density at radius 2 is 1.46 bits per heavy atom. The minimum absolute atomic E-state index is 0.796. The second-order valence-electron chi connectivity index (χ2n) is 6.68. The fourth-order valence-electron chi connectivity index (χ4n) is 3.43. The van der Waals surface area contributed by atoms with Crippen molar-refractivity contribution in [3.63, 3.8) is 0 Å². The first-order valence-electron chi connectivity index (χ1n) is 9.24. The fourth-order valence-corrected chi connectivity index (χ4v) is 3.43. The third kappa shape index (κ3) is 3.52. The molecule has 2 aromatic carbocycles. The first kappa shape index (κ1) is 16.5. The van der Waals surface area contributed by atoms with Crippen molar-refractivity contribution < 1.29 is 0 Å². The van der Waals surface area contributed by atoms with Gasteiger partial charge >= 0.3 is 0 Å². The summed E-state index contributed by atoms with van der Waals surface area (Å²) in [6.45, 7) is 1.91. The smallest absolute Gasteiger partial charge is 0.125 e. The lowest BCUT2D eigenvalue weighted by molar-refractivity contribution is 0.691. The van der Waals surface area contributed by atoms with Crippen molar-refractivity contribution in [2.45, 2.75) is 32.6 Å². The second-order valence-corrected chi connectivity index (χ2v) is 6.68. The third-order valence-corrected chi connectivity index (χ3v) is 4.81. The summed E-state index contributed by atoms with van der Waals surface area (Å²) in [5, 5.41) is 0. The molecule has 0 fully saturated rings. The van der Waals surface area contributed by atoms with Crippen LogP contribution in [0.5, 0.6) is 0 Å². The van der Waals surface area contributed by atoms with Crippen LogP contribution in [0.15, 0.2) is 78.8 Å². The Morgan fingerprint density at radius 1 is 0.769 bits per heavy atom. The topological polar surface area (TPSA) is 29.0 Å². The first-order chi connectivity index (χ1) is 12.8. The molecule has 0 saturated heterocycles. The van der Waals surface area contributed by atoms with Gasteiger partial charge in [-0.1, -0.05) is 36.4 Å².